The molecule has 0 aliphatic rings. The van der Waals surface area contributed by atoms with Crippen LogP contribution >= 0.6 is 27.3 Å². The van der Waals surface area contributed by atoms with Crippen LogP contribution in [0.15, 0.2) is 34.1 Å². The minimum absolute atomic E-state index is 0.641. The van der Waals surface area contributed by atoms with E-state index in [1.54, 1.807) is 18.4 Å². The molecule has 0 radical (unpaired) electrons. The molecule has 5 heteroatoms. The van der Waals surface area contributed by atoms with Gasteiger partial charge in [-0.25, -0.2) is 0 Å². The summed E-state index contributed by atoms with van der Waals surface area (Å²) in [6.45, 7) is 0.746. The van der Waals surface area contributed by atoms with Crippen LogP contribution in [-0.4, -0.2) is 7.11 Å². The van der Waals surface area contributed by atoms with Gasteiger partial charge >= 0.3 is 0 Å². The summed E-state index contributed by atoms with van der Waals surface area (Å²) in [7, 11) is 1.62. The molecule has 0 bridgehead atoms. The lowest BCUT2D eigenvalue weighted by atomic mass is 10.2. The first-order chi connectivity index (χ1) is 8.22. The molecule has 17 heavy (non-hydrogen) atoms. The van der Waals surface area contributed by atoms with Gasteiger partial charge in [0.15, 0.2) is 0 Å². The highest BCUT2D eigenvalue weighted by molar-refractivity contribution is 9.10. The van der Waals surface area contributed by atoms with E-state index in [2.05, 4.69) is 26.6 Å². The minimum Gasteiger partial charge on any atom is -0.495 e. The van der Waals surface area contributed by atoms with Crippen molar-refractivity contribution < 1.29 is 4.74 Å². The summed E-state index contributed by atoms with van der Waals surface area (Å²) in [5.74, 6) is 0.695. The van der Waals surface area contributed by atoms with Gasteiger partial charge in [-0.05, 0) is 39.5 Å². The lowest BCUT2D eigenvalue weighted by Crippen LogP contribution is -2.02. The van der Waals surface area contributed by atoms with E-state index in [0.29, 0.717) is 11.4 Å². The van der Waals surface area contributed by atoms with E-state index in [-0.39, 0.29) is 0 Å². The third kappa shape index (κ3) is 2.73. The van der Waals surface area contributed by atoms with Gasteiger partial charge in [-0.1, -0.05) is 6.07 Å². The van der Waals surface area contributed by atoms with E-state index in [9.17, 15) is 0 Å². The van der Waals surface area contributed by atoms with E-state index in [0.717, 1.165) is 16.7 Å². The predicted octanol–water partition coefficient (Wildman–Crippen LogP) is 3.71. The van der Waals surface area contributed by atoms with Crippen molar-refractivity contribution in [2.75, 3.05) is 18.2 Å². The topological polar surface area (TPSA) is 47.3 Å². The molecule has 1 aromatic carbocycles. The average Bonchev–Trinajstić information content (AvgIpc) is 2.74. The fourth-order valence-electron chi connectivity index (χ4n) is 1.50. The molecule has 3 nitrogen and oxygen atoms in total. The van der Waals surface area contributed by atoms with Crippen molar-refractivity contribution in [2.24, 2.45) is 0 Å². The van der Waals surface area contributed by atoms with Gasteiger partial charge in [0.05, 0.1) is 25.0 Å². The van der Waals surface area contributed by atoms with E-state index in [4.69, 9.17) is 10.5 Å². The minimum atomic E-state index is 0.641. The normalized spacial score (nSPS) is 10.2. The fraction of sp³-hybridized carbons (Fsp3) is 0.167. The van der Waals surface area contributed by atoms with Gasteiger partial charge in [0.2, 0.25) is 0 Å². The highest BCUT2D eigenvalue weighted by Gasteiger charge is 2.06. The molecule has 0 unspecified atom stereocenters. The maximum atomic E-state index is 5.98. The summed E-state index contributed by atoms with van der Waals surface area (Å²) in [6.07, 6.45) is 0. The van der Waals surface area contributed by atoms with Gasteiger partial charge in [-0.15, -0.1) is 11.3 Å². The van der Waals surface area contributed by atoms with Crippen molar-refractivity contribution in [3.8, 4) is 5.75 Å². The fourth-order valence-corrected chi connectivity index (χ4v) is 2.94. The quantitative estimate of drug-likeness (QED) is 0.846. The molecule has 0 fully saturated rings. The zero-order valence-corrected chi connectivity index (χ0v) is 11.8. The number of anilines is 2. The summed E-state index contributed by atoms with van der Waals surface area (Å²) in [5.41, 5.74) is 7.51. The summed E-state index contributed by atoms with van der Waals surface area (Å²) in [5, 5.41) is 5.36. The zero-order chi connectivity index (χ0) is 12.3. The van der Waals surface area contributed by atoms with Crippen LogP contribution in [0, 0.1) is 0 Å². The first-order valence-electron chi connectivity index (χ1n) is 5.10. The van der Waals surface area contributed by atoms with Crippen molar-refractivity contribution in [3.05, 3.63) is 39.0 Å². The summed E-state index contributed by atoms with van der Waals surface area (Å²) in [4.78, 5) is 1.24. The Morgan fingerprint density at radius 1 is 1.41 bits per heavy atom. The van der Waals surface area contributed by atoms with Crippen LogP contribution < -0.4 is 15.8 Å². The number of nitrogens with two attached hydrogens (primary N) is 1. The second kappa shape index (κ2) is 5.42. The Balaban J connectivity index is 2.12. The monoisotopic (exact) mass is 312 g/mol. The number of ether oxygens (including phenoxy) is 1. The number of hydrogen-bond acceptors (Lipinski definition) is 4. The van der Waals surface area contributed by atoms with Crippen molar-refractivity contribution in [2.45, 2.75) is 6.54 Å². The maximum Gasteiger partial charge on any atom is 0.143 e. The van der Waals surface area contributed by atoms with E-state index >= 15 is 0 Å². The maximum absolute atomic E-state index is 5.98. The Kier molecular flexibility index (Phi) is 3.91. The van der Waals surface area contributed by atoms with Crippen LogP contribution in [0.2, 0.25) is 0 Å². The van der Waals surface area contributed by atoms with Crippen LogP contribution in [0.3, 0.4) is 0 Å². The molecular formula is C12H13BrN2OS. The third-order valence-electron chi connectivity index (χ3n) is 2.42. The summed E-state index contributed by atoms with van der Waals surface area (Å²) in [6, 6.07) is 7.75. The molecule has 0 aliphatic heterocycles. The number of nitrogen functional groups attached to an aromatic ring is 1. The first-order valence-corrected chi connectivity index (χ1v) is 6.78. The summed E-state index contributed by atoms with van der Waals surface area (Å²) >= 11 is 5.20. The number of hydrogen-bond donors (Lipinski definition) is 2. The number of thiophene rings is 1. The molecule has 3 N–H and O–H groups in total. The number of methoxy groups -OCH3 is 1. The van der Waals surface area contributed by atoms with Crippen LogP contribution in [-0.2, 0) is 6.54 Å². The van der Waals surface area contributed by atoms with Gasteiger partial charge < -0.3 is 15.8 Å². The first kappa shape index (κ1) is 12.3. The van der Waals surface area contributed by atoms with Gasteiger partial charge in [-0.3, -0.25) is 0 Å². The van der Waals surface area contributed by atoms with E-state index in [1.807, 2.05) is 24.3 Å². The molecule has 90 valence electrons. The molecular weight excluding hydrogens is 300 g/mol. The SMILES string of the molecule is COc1cccc(NCc2sccc2Br)c1N. The van der Waals surface area contributed by atoms with Gasteiger partial charge in [0, 0.05) is 9.35 Å². The Labute approximate surface area is 113 Å². The molecule has 0 aliphatic carbocycles. The Bertz CT molecular complexity index is 513. The van der Waals surface area contributed by atoms with Crippen molar-refractivity contribution in [1.29, 1.82) is 0 Å². The Hall–Kier alpha value is -1.20. The highest BCUT2D eigenvalue weighted by Crippen LogP contribution is 2.30. The molecule has 2 aromatic rings. The molecule has 0 saturated heterocycles. The molecule has 0 amide bonds. The second-order valence-electron chi connectivity index (χ2n) is 3.47. The lowest BCUT2D eigenvalue weighted by Gasteiger charge is -2.11. The van der Waals surface area contributed by atoms with Crippen LogP contribution in [0.4, 0.5) is 11.4 Å². The van der Waals surface area contributed by atoms with Crippen LogP contribution in [0.1, 0.15) is 4.88 Å². The van der Waals surface area contributed by atoms with E-state index < -0.39 is 0 Å². The zero-order valence-electron chi connectivity index (χ0n) is 9.37. The van der Waals surface area contributed by atoms with Crippen LogP contribution in [0.25, 0.3) is 0 Å². The smallest absolute Gasteiger partial charge is 0.143 e. The number of rotatable bonds is 4. The molecule has 1 heterocycles. The Morgan fingerprint density at radius 3 is 2.88 bits per heavy atom. The van der Waals surface area contributed by atoms with Gasteiger partial charge in [0.25, 0.3) is 0 Å². The van der Waals surface area contributed by atoms with Gasteiger partial charge in [0.1, 0.15) is 5.75 Å². The molecule has 2 rings (SSSR count). The molecule has 1 aromatic heterocycles. The number of halogens is 1. The second-order valence-corrected chi connectivity index (χ2v) is 5.32. The van der Waals surface area contributed by atoms with Crippen molar-refractivity contribution >= 4 is 38.6 Å². The summed E-state index contributed by atoms with van der Waals surface area (Å²) < 4.78 is 6.30. The largest absolute Gasteiger partial charge is 0.495 e. The molecule has 0 atom stereocenters. The average molecular weight is 313 g/mol. The van der Waals surface area contributed by atoms with Crippen molar-refractivity contribution in [3.63, 3.8) is 0 Å². The molecule has 0 spiro atoms. The standard InChI is InChI=1S/C12H13BrN2OS/c1-16-10-4-2-3-9(12(10)14)15-7-11-8(13)5-6-17-11/h2-6,15H,7,14H2,1H3. The highest BCUT2D eigenvalue weighted by atomic mass is 79.9. The van der Waals surface area contributed by atoms with E-state index in [1.165, 1.54) is 4.88 Å². The predicted molar refractivity (Wildman–Crippen MR) is 76.8 cm³/mol. The lowest BCUT2D eigenvalue weighted by molar-refractivity contribution is 0.417. The number of benzene rings is 1. The number of para-hydroxylation sites is 1. The van der Waals surface area contributed by atoms with Crippen LogP contribution in [0.5, 0.6) is 5.75 Å². The number of nitrogens with one attached hydrogen (secondary N) is 1. The van der Waals surface area contributed by atoms with Gasteiger partial charge in [-0.2, -0.15) is 0 Å². The van der Waals surface area contributed by atoms with Crippen molar-refractivity contribution in [1.82, 2.24) is 0 Å². The Morgan fingerprint density at radius 2 is 2.24 bits per heavy atom. The molecule has 0 saturated carbocycles. The third-order valence-corrected chi connectivity index (χ3v) is 4.34.